The fraction of sp³-hybridized carbons (Fsp3) is 0.462. The summed E-state index contributed by atoms with van der Waals surface area (Å²) in [5, 5.41) is 11.7. The number of anilines is 1. The molecule has 0 aliphatic rings. The molecule has 0 saturated heterocycles. The third-order valence-corrected chi connectivity index (χ3v) is 4.92. The summed E-state index contributed by atoms with van der Waals surface area (Å²) in [4.78, 5) is 0. The van der Waals surface area contributed by atoms with Crippen LogP contribution in [0.4, 0.5) is 10.1 Å². The van der Waals surface area contributed by atoms with E-state index >= 15 is 0 Å². The average molecular weight is 299 g/mol. The van der Waals surface area contributed by atoms with E-state index in [1.165, 1.54) is 16.4 Å². The number of nitrogens with zero attached hydrogens (tertiary/aromatic N) is 2. The van der Waals surface area contributed by atoms with Gasteiger partial charge in [0.2, 0.25) is 10.0 Å². The first-order valence-electron chi connectivity index (χ1n) is 6.36. The van der Waals surface area contributed by atoms with Crippen LogP contribution in [0.5, 0.6) is 0 Å². The van der Waals surface area contributed by atoms with Crippen molar-refractivity contribution < 1.29 is 12.8 Å². The normalized spacial score (nSPS) is 11.3. The molecule has 0 amide bonds. The van der Waals surface area contributed by atoms with Gasteiger partial charge < -0.3 is 5.32 Å². The molecule has 0 radical (unpaired) electrons. The highest BCUT2D eigenvalue weighted by Crippen LogP contribution is 2.17. The lowest BCUT2D eigenvalue weighted by Crippen LogP contribution is -2.34. The summed E-state index contributed by atoms with van der Waals surface area (Å²) in [6, 6.07) is 5.97. The molecule has 0 aliphatic carbocycles. The molecule has 0 saturated carbocycles. The highest BCUT2D eigenvalue weighted by molar-refractivity contribution is 7.89. The minimum Gasteiger partial charge on any atom is -0.383 e. The van der Waals surface area contributed by atoms with Gasteiger partial charge in [-0.2, -0.15) is 5.26 Å². The molecule has 1 aromatic carbocycles. The van der Waals surface area contributed by atoms with Crippen molar-refractivity contribution in [3.63, 3.8) is 0 Å². The molecule has 0 unspecified atom stereocenters. The second-order valence-electron chi connectivity index (χ2n) is 4.10. The SMILES string of the molecule is CCN(CC)S(=O)(=O)CCNc1cccc(F)c1C#N. The minimum absolute atomic E-state index is 0.101. The fourth-order valence-corrected chi connectivity index (χ4v) is 3.25. The molecule has 7 heteroatoms. The summed E-state index contributed by atoms with van der Waals surface area (Å²) in [5.41, 5.74) is 0.204. The average Bonchev–Trinajstić information content (AvgIpc) is 2.39. The maximum absolute atomic E-state index is 13.4. The molecule has 110 valence electrons. The summed E-state index contributed by atoms with van der Waals surface area (Å²) in [6.07, 6.45) is 0. The second-order valence-corrected chi connectivity index (χ2v) is 6.19. The van der Waals surface area contributed by atoms with Gasteiger partial charge in [-0.05, 0) is 12.1 Å². The largest absolute Gasteiger partial charge is 0.383 e. The van der Waals surface area contributed by atoms with Crippen molar-refractivity contribution in [1.29, 1.82) is 5.26 Å². The van der Waals surface area contributed by atoms with Gasteiger partial charge in [0, 0.05) is 19.6 Å². The number of halogens is 1. The van der Waals surface area contributed by atoms with Gasteiger partial charge >= 0.3 is 0 Å². The zero-order chi connectivity index (χ0) is 15.2. The standard InChI is InChI=1S/C13H18FN3O2S/c1-3-17(4-2)20(18,19)9-8-16-13-7-5-6-12(14)11(13)10-15/h5-7,16H,3-4,8-9H2,1-2H3. The summed E-state index contributed by atoms with van der Waals surface area (Å²) >= 11 is 0. The number of hydrogen-bond acceptors (Lipinski definition) is 4. The fourth-order valence-electron chi connectivity index (χ4n) is 1.85. The zero-order valence-corrected chi connectivity index (χ0v) is 12.4. The van der Waals surface area contributed by atoms with Crippen LogP contribution in [0.2, 0.25) is 0 Å². The Morgan fingerprint density at radius 3 is 2.55 bits per heavy atom. The van der Waals surface area contributed by atoms with Crippen LogP contribution in [-0.2, 0) is 10.0 Å². The van der Waals surface area contributed by atoms with E-state index in [9.17, 15) is 12.8 Å². The van der Waals surface area contributed by atoms with E-state index in [0.717, 1.165) is 0 Å². The number of rotatable bonds is 7. The van der Waals surface area contributed by atoms with Crippen molar-refractivity contribution in [2.24, 2.45) is 0 Å². The van der Waals surface area contributed by atoms with Crippen molar-refractivity contribution in [3.05, 3.63) is 29.6 Å². The smallest absolute Gasteiger partial charge is 0.215 e. The monoisotopic (exact) mass is 299 g/mol. The van der Waals surface area contributed by atoms with Gasteiger partial charge in [0.1, 0.15) is 17.4 Å². The van der Waals surface area contributed by atoms with Crippen LogP contribution < -0.4 is 5.32 Å². The molecule has 0 fully saturated rings. The Bertz CT molecular complexity index is 592. The van der Waals surface area contributed by atoms with Crippen molar-refractivity contribution in [2.45, 2.75) is 13.8 Å². The summed E-state index contributed by atoms with van der Waals surface area (Å²) in [6.45, 7) is 4.51. The molecule has 0 bridgehead atoms. The summed E-state index contributed by atoms with van der Waals surface area (Å²) in [5.74, 6) is -0.722. The quantitative estimate of drug-likeness (QED) is 0.833. The predicted octanol–water partition coefficient (Wildman–Crippen LogP) is 1.78. The molecule has 0 aliphatic heterocycles. The zero-order valence-electron chi connectivity index (χ0n) is 11.6. The molecule has 1 N–H and O–H groups in total. The van der Waals surface area contributed by atoms with Crippen LogP contribution in [-0.4, -0.2) is 38.1 Å². The summed E-state index contributed by atoms with van der Waals surface area (Å²) in [7, 11) is -3.33. The van der Waals surface area contributed by atoms with E-state index in [1.807, 2.05) is 0 Å². The Morgan fingerprint density at radius 2 is 2.00 bits per heavy atom. The number of hydrogen-bond donors (Lipinski definition) is 1. The summed E-state index contributed by atoms with van der Waals surface area (Å²) < 4.78 is 38.6. The van der Waals surface area contributed by atoms with E-state index < -0.39 is 15.8 Å². The van der Waals surface area contributed by atoms with E-state index in [1.54, 1.807) is 26.0 Å². The third-order valence-electron chi connectivity index (χ3n) is 2.90. The first-order chi connectivity index (χ1) is 9.46. The first-order valence-corrected chi connectivity index (χ1v) is 7.97. The molecule has 20 heavy (non-hydrogen) atoms. The van der Waals surface area contributed by atoms with Crippen LogP contribution in [0.25, 0.3) is 0 Å². The van der Waals surface area contributed by atoms with Crippen LogP contribution in [0.3, 0.4) is 0 Å². The van der Waals surface area contributed by atoms with Gasteiger partial charge in [-0.1, -0.05) is 19.9 Å². The molecule has 1 aromatic rings. The number of sulfonamides is 1. The van der Waals surface area contributed by atoms with Crippen molar-refractivity contribution in [1.82, 2.24) is 4.31 Å². The molecular weight excluding hydrogens is 281 g/mol. The maximum Gasteiger partial charge on any atom is 0.215 e. The Labute approximate surface area is 119 Å². The Balaban J connectivity index is 2.71. The second kappa shape index (κ2) is 7.22. The number of benzene rings is 1. The van der Waals surface area contributed by atoms with E-state index in [4.69, 9.17) is 5.26 Å². The Kier molecular flexibility index (Phi) is 5.92. The Hall–Kier alpha value is -1.65. The van der Waals surface area contributed by atoms with E-state index in [2.05, 4.69) is 5.32 Å². The van der Waals surface area contributed by atoms with Crippen molar-refractivity contribution >= 4 is 15.7 Å². The number of nitrogens with one attached hydrogen (secondary N) is 1. The highest BCUT2D eigenvalue weighted by Gasteiger charge is 2.18. The molecule has 0 atom stereocenters. The molecular formula is C13H18FN3O2S. The van der Waals surface area contributed by atoms with E-state index in [-0.39, 0.29) is 17.9 Å². The third kappa shape index (κ3) is 3.92. The van der Waals surface area contributed by atoms with Crippen LogP contribution in [0.1, 0.15) is 19.4 Å². The lowest BCUT2D eigenvalue weighted by atomic mass is 10.2. The molecule has 1 rings (SSSR count). The lowest BCUT2D eigenvalue weighted by molar-refractivity contribution is 0.446. The topological polar surface area (TPSA) is 73.2 Å². The van der Waals surface area contributed by atoms with E-state index in [0.29, 0.717) is 18.8 Å². The van der Waals surface area contributed by atoms with Gasteiger partial charge in [0.05, 0.1) is 11.4 Å². The molecule has 0 aromatic heterocycles. The van der Waals surface area contributed by atoms with Gasteiger partial charge in [0.25, 0.3) is 0 Å². The van der Waals surface area contributed by atoms with Gasteiger partial charge in [-0.25, -0.2) is 17.1 Å². The van der Waals surface area contributed by atoms with Crippen LogP contribution in [0, 0.1) is 17.1 Å². The minimum atomic E-state index is -3.33. The van der Waals surface area contributed by atoms with Gasteiger partial charge in [-0.3, -0.25) is 0 Å². The van der Waals surface area contributed by atoms with Gasteiger partial charge in [-0.15, -0.1) is 0 Å². The van der Waals surface area contributed by atoms with Crippen LogP contribution >= 0.6 is 0 Å². The number of nitriles is 1. The Morgan fingerprint density at radius 1 is 1.35 bits per heavy atom. The molecule has 5 nitrogen and oxygen atoms in total. The lowest BCUT2D eigenvalue weighted by Gasteiger charge is -2.18. The maximum atomic E-state index is 13.4. The highest BCUT2D eigenvalue weighted by atomic mass is 32.2. The van der Waals surface area contributed by atoms with Crippen molar-refractivity contribution in [3.8, 4) is 6.07 Å². The van der Waals surface area contributed by atoms with Gasteiger partial charge in [0.15, 0.2) is 0 Å². The van der Waals surface area contributed by atoms with Crippen molar-refractivity contribution in [2.75, 3.05) is 30.7 Å². The molecule has 0 spiro atoms. The molecule has 0 heterocycles. The first kappa shape index (κ1) is 16.4. The predicted molar refractivity (Wildman–Crippen MR) is 76.3 cm³/mol. The van der Waals surface area contributed by atoms with Crippen LogP contribution in [0.15, 0.2) is 18.2 Å².